The van der Waals surface area contributed by atoms with Crippen molar-refractivity contribution in [1.29, 1.82) is 0 Å². The molecule has 3 heteroatoms. The van der Waals surface area contributed by atoms with Crippen LogP contribution in [-0.4, -0.2) is 6.29 Å². The minimum absolute atomic E-state index is 0.304. The molecule has 3 rings (SSSR count). The summed E-state index contributed by atoms with van der Waals surface area (Å²) in [5.41, 5.74) is 1.69. The minimum Gasteiger partial charge on any atom is -0.461 e. The van der Waals surface area contributed by atoms with Crippen LogP contribution in [-0.2, 0) is 4.89 Å². The van der Waals surface area contributed by atoms with Gasteiger partial charge in [0, 0.05) is 5.92 Å². The first-order valence-electron chi connectivity index (χ1n) is 12.0. The summed E-state index contributed by atoms with van der Waals surface area (Å²) in [6, 6.07) is 18.3. The average molecular weight is 425 g/mol. The van der Waals surface area contributed by atoms with Gasteiger partial charge in [-0.15, -0.1) is 4.89 Å². The first-order valence-corrected chi connectivity index (χ1v) is 12.0. The van der Waals surface area contributed by atoms with Gasteiger partial charge in [-0.1, -0.05) is 84.2 Å². The van der Waals surface area contributed by atoms with E-state index in [0.29, 0.717) is 28.9 Å². The van der Waals surface area contributed by atoms with Crippen LogP contribution in [0.25, 0.3) is 0 Å². The largest absolute Gasteiger partial charge is 0.461 e. The topological polar surface area (TPSA) is 27.7 Å². The highest BCUT2D eigenvalue weighted by molar-refractivity contribution is 5.30. The Labute approximate surface area is 189 Å². The van der Waals surface area contributed by atoms with Gasteiger partial charge in [0.2, 0.25) is 6.29 Å². The number of ether oxygens (including phenoxy) is 1. The Kier molecular flexibility index (Phi) is 8.43. The summed E-state index contributed by atoms with van der Waals surface area (Å²) in [4.78, 5) is 11.4. The van der Waals surface area contributed by atoms with E-state index in [4.69, 9.17) is 14.5 Å². The summed E-state index contributed by atoms with van der Waals surface area (Å²) in [7, 11) is 0. The lowest BCUT2D eigenvalue weighted by atomic mass is 9.76. The fourth-order valence-electron chi connectivity index (χ4n) is 4.51. The van der Waals surface area contributed by atoms with E-state index in [1.807, 2.05) is 30.3 Å². The molecular weight excluding hydrogens is 384 g/mol. The van der Waals surface area contributed by atoms with Crippen molar-refractivity contribution in [3.8, 4) is 11.5 Å². The molecular formula is C28H40O3. The molecule has 0 aromatic heterocycles. The third kappa shape index (κ3) is 7.57. The van der Waals surface area contributed by atoms with E-state index >= 15 is 0 Å². The van der Waals surface area contributed by atoms with Crippen molar-refractivity contribution in [1.82, 2.24) is 0 Å². The van der Waals surface area contributed by atoms with Gasteiger partial charge in [-0.2, -0.15) is 0 Å². The molecule has 2 aromatic carbocycles. The number of para-hydroxylation sites is 1. The van der Waals surface area contributed by atoms with Crippen molar-refractivity contribution in [2.45, 2.75) is 85.4 Å². The molecule has 2 unspecified atom stereocenters. The van der Waals surface area contributed by atoms with Crippen molar-refractivity contribution in [2.75, 3.05) is 0 Å². The first-order chi connectivity index (χ1) is 14.8. The first kappa shape index (κ1) is 23.7. The number of benzene rings is 2. The summed E-state index contributed by atoms with van der Waals surface area (Å²) in [6.07, 6.45) is 6.74. The van der Waals surface area contributed by atoms with Crippen LogP contribution < -0.4 is 9.62 Å². The van der Waals surface area contributed by atoms with Crippen molar-refractivity contribution in [3.05, 3.63) is 60.2 Å². The molecule has 0 aliphatic heterocycles. The van der Waals surface area contributed by atoms with Crippen LogP contribution in [0.5, 0.6) is 11.5 Å². The average Bonchev–Trinajstić information content (AvgIpc) is 2.76. The molecule has 0 radical (unpaired) electrons. The quantitative estimate of drug-likeness (QED) is 0.231. The Morgan fingerprint density at radius 2 is 1.48 bits per heavy atom. The normalized spacial score (nSPS) is 17.4. The minimum atomic E-state index is -0.401. The van der Waals surface area contributed by atoms with E-state index in [9.17, 15) is 0 Å². The fraction of sp³-hybridized carbons (Fsp3) is 0.571. The maximum absolute atomic E-state index is 6.32. The summed E-state index contributed by atoms with van der Waals surface area (Å²) in [5, 5.41) is 0. The lowest BCUT2D eigenvalue weighted by Crippen LogP contribution is -2.32. The SMILES string of the molecule is CC(C)C(CC(C)(C)C)c1ccc(OC(OOc2ccccc2)C2CCCCC2)cc1. The highest BCUT2D eigenvalue weighted by atomic mass is 17.2. The second-order valence-corrected chi connectivity index (χ2v) is 10.6. The molecule has 3 nitrogen and oxygen atoms in total. The van der Waals surface area contributed by atoms with Gasteiger partial charge >= 0.3 is 0 Å². The standard InChI is InChI=1S/C28H40O3/c1-21(2)26(20-28(3,4)5)22-16-18-24(19-17-22)29-27(23-12-8-6-9-13-23)31-30-25-14-10-7-11-15-25/h7,10-11,14-19,21,23,26-27H,6,8-9,12-13,20H2,1-5H3. The van der Waals surface area contributed by atoms with Gasteiger partial charge in [0.15, 0.2) is 5.75 Å². The molecule has 0 bridgehead atoms. The summed E-state index contributed by atoms with van der Waals surface area (Å²) >= 11 is 0. The molecule has 0 heterocycles. The van der Waals surface area contributed by atoms with Crippen molar-refractivity contribution < 1.29 is 14.5 Å². The monoisotopic (exact) mass is 424 g/mol. The third-order valence-electron chi connectivity index (χ3n) is 6.21. The summed E-state index contributed by atoms with van der Waals surface area (Å²) in [5.74, 6) is 3.03. The predicted octanol–water partition coefficient (Wildman–Crippen LogP) is 8.16. The Hall–Kier alpha value is -2.00. The lowest BCUT2D eigenvalue weighted by molar-refractivity contribution is -0.313. The van der Waals surface area contributed by atoms with Crippen molar-refractivity contribution >= 4 is 0 Å². The van der Waals surface area contributed by atoms with Crippen LogP contribution in [0, 0.1) is 17.3 Å². The molecule has 170 valence electrons. The molecule has 1 aliphatic rings. The van der Waals surface area contributed by atoms with Crippen molar-refractivity contribution in [3.63, 3.8) is 0 Å². The molecule has 2 aromatic rings. The van der Waals surface area contributed by atoms with E-state index < -0.39 is 6.29 Å². The summed E-state index contributed by atoms with van der Waals surface area (Å²) < 4.78 is 6.32. The number of hydrogen-bond donors (Lipinski definition) is 0. The fourth-order valence-corrected chi connectivity index (χ4v) is 4.51. The highest BCUT2D eigenvalue weighted by Gasteiger charge is 2.28. The predicted molar refractivity (Wildman–Crippen MR) is 127 cm³/mol. The maximum Gasteiger partial charge on any atom is 0.245 e. The number of rotatable bonds is 9. The molecule has 0 N–H and O–H groups in total. The number of hydrogen-bond acceptors (Lipinski definition) is 3. The zero-order valence-electron chi connectivity index (χ0n) is 20.0. The maximum atomic E-state index is 6.32. The second-order valence-electron chi connectivity index (χ2n) is 10.6. The van der Waals surface area contributed by atoms with Gasteiger partial charge in [0.05, 0.1) is 0 Å². The molecule has 1 aliphatic carbocycles. The van der Waals surface area contributed by atoms with Crippen molar-refractivity contribution in [2.24, 2.45) is 17.3 Å². The molecule has 1 fully saturated rings. The van der Waals surface area contributed by atoms with Crippen LogP contribution in [0.15, 0.2) is 54.6 Å². The molecule has 2 atom stereocenters. The van der Waals surface area contributed by atoms with Crippen LogP contribution in [0.3, 0.4) is 0 Å². The van der Waals surface area contributed by atoms with Gasteiger partial charge in [-0.3, -0.25) is 0 Å². The van der Waals surface area contributed by atoms with E-state index in [1.165, 1.54) is 31.2 Å². The van der Waals surface area contributed by atoms with Crippen LogP contribution >= 0.6 is 0 Å². The molecule has 0 amide bonds. The Morgan fingerprint density at radius 1 is 0.839 bits per heavy atom. The van der Waals surface area contributed by atoms with Gasteiger partial charge in [0.1, 0.15) is 5.75 Å². The van der Waals surface area contributed by atoms with E-state index in [1.54, 1.807) is 0 Å². The highest BCUT2D eigenvalue weighted by Crippen LogP contribution is 2.37. The van der Waals surface area contributed by atoms with E-state index in [0.717, 1.165) is 18.6 Å². The van der Waals surface area contributed by atoms with Gasteiger partial charge in [0.25, 0.3) is 0 Å². The smallest absolute Gasteiger partial charge is 0.245 e. The molecule has 1 saturated carbocycles. The van der Waals surface area contributed by atoms with Crippen LogP contribution in [0.1, 0.15) is 84.6 Å². The van der Waals surface area contributed by atoms with Crippen LogP contribution in [0.2, 0.25) is 0 Å². The lowest BCUT2D eigenvalue weighted by Gasteiger charge is -2.30. The Balaban J connectivity index is 1.69. The molecule has 0 spiro atoms. The van der Waals surface area contributed by atoms with Crippen LogP contribution in [0.4, 0.5) is 0 Å². The zero-order valence-corrected chi connectivity index (χ0v) is 20.0. The van der Waals surface area contributed by atoms with Gasteiger partial charge in [-0.25, -0.2) is 0 Å². The molecule has 31 heavy (non-hydrogen) atoms. The Morgan fingerprint density at radius 3 is 2.06 bits per heavy atom. The van der Waals surface area contributed by atoms with E-state index in [-0.39, 0.29) is 0 Å². The second kappa shape index (κ2) is 11.0. The third-order valence-corrected chi connectivity index (χ3v) is 6.21. The van der Waals surface area contributed by atoms with Gasteiger partial charge < -0.3 is 9.62 Å². The van der Waals surface area contributed by atoms with Gasteiger partial charge in [-0.05, 0) is 66.3 Å². The van der Waals surface area contributed by atoms with E-state index in [2.05, 4.69) is 58.9 Å². The zero-order chi connectivity index (χ0) is 22.3. The molecule has 0 saturated heterocycles. The summed E-state index contributed by atoms with van der Waals surface area (Å²) in [6.45, 7) is 11.6. The Bertz CT molecular complexity index is 755.